The SMILES string of the molecule is Cn1cc(-c2cc(Cl)c(C(=O)N3Cc4cccc(Br)c4C(=O)N3)c(Cl)c2)cn1. The minimum Gasteiger partial charge on any atom is -0.275 e. The third kappa shape index (κ3) is 3.30. The van der Waals surface area contributed by atoms with Gasteiger partial charge in [-0.1, -0.05) is 35.3 Å². The molecule has 2 heterocycles. The fraction of sp³-hybridized carbons (Fsp3) is 0.105. The highest BCUT2D eigenvalue weighted by atomic mass is 79.9. The van der Waals surface area contributed by atoms with Crippen LogP contribution in [0.1, 0.15) is 26.3 Å². The van der Waals surface area contributed by atoms with Gasteiger partial charge in [0.2, 0.25) is 0 Å². The first-order valence-electron chi connectivity index (χ1n) is 8.23. The lowest BCUT2D eigenvalue weighted by Gasteiger charge is -2.30. The van der Waals surface area contributed by atoms with Crippen LogP contribution < -0.4 is 5.43 Å². The lowest BCUT2D eigenvalue weighted by atomic mass is 10.0. The van der Waals surface area contributed by atoms with E-state index in [2.05, 4.69) is 26.5 Å². The van der Waals surface area contributed by atoms with Crippen molar-refractivity contribution >= 4 is 50.9 Å². The van der Waals surface area contributed by atoms with Gasteiger partial charge in [0.25, 0.3) is 11.8 Å². The molecule has 0 bridgehead atoms. The molecule has 0 saturated carbocycles. The first-order chi connectivity index (χ1) is 13.3. The molecule has 6 nitrogen and oxygen atoms in total. The Labute approximate surface area is 179 Å². The Morgan fingerprint density at radius 1 is 1.21 bits per heavy atom. The molecule has 9 heteroatoms. The van der Waals surface area contributed by atoms with E-state index in [0.717, 1.165) is 16.7 Å². The predicted octanol–water partition coefficient (Wildman–Crippen LogP) is 4.46. The Morgan fingerprint density at radius 3 is 2.57 bits per heavy atom. The van der Waals surface area contributed by atoms with Crippen LogP contribution in [-0.2, 0) is 13.6 Å². The molecule has 1 aromatic heterocycles. The number of hydrazine groups is 1. The summed E-state index contributed by atoms with van der Waals surface area (Å²) in [7, 11) is 1.81. The van der Waals surface area contributed by atoms with Crippen LogP contribution in [0.3, 0.4) is 0 Å². The Hall–Kier alpha value is -2.35. The quantitative estimate of drug-likeness (QED) is 0.590. The average Bonchev–Trinajstić information content (AvgIpc) is 3.07. The number of aryl methyl sites for hydroxylation is 1. The normalized spacial score (nSPS) is 13.3. The minimum atomic E-state index is -0.480. The van der Waals surface area contributed by atoms with Gasteiger partial charge in [-0.2, -0.15) is 5.10 Å². The van der Waals surface area contributed by atoms with E-state index in [1.165, 1.54) is 5.01 Å². The second-order valence-corrected chi connectivity index (χ2v) is 7.99. The molecule has 0 radical (unpaired) electrons. The molecule has 0 unspecified atom stereocenters. The summed E-state index contributed by atoms with van der Waals surface area (Å²) in [5.41, 5.74) is 5.55. The van der Waals surface area contributed by atoms with Crippen molar-refractivity contribution in [1.82, 2.24) is 20.2 Å². The molecule has 0 atom stereocenters. The number of benzene rings is 2. The summed E-state index contributed by atoms with van der Waals surface area (Å²) >= 11 is 16.1. The van der Waals surface area contributed by atoms with Crippen molar-refractivity contribution in [2.24, 2.45) is 7.05 Å². The van der Waals surface area contributed by atoms with Gasteiger partial charge in [-0.15, -0.1) is 0 Å². The molecule has 142 valence electrons. The average molecular weight is 480 g/mol. The summed E-state index contributed by atoms with van der Waals surface area (Å²) in [6, 6.07) is 8.71. The van der Waals surface area contributed by atoms with Crippen LogP contribution in [0.5, 0.6) is 0 Å². The number of amides is 2. The molecule has 1 N–H and O–H groups in total. The Morgan fingerprint density at radius 2 is 1.93 bits per heavy atom. The number of carbonyl (C=O) groups is 2. The molecule has 4 rings (SSSR count). The zero-order chi connectivity index (χ0) is 20.0. The van der Waals surface area contributed by atoms with Gasteiger partial charge in [-0.05, 0) is 45.3 Å². The molecule has 0 fully saturated rings. The number of halogens is 3. The van der Waals surface area contributed by atoms with Gasteiger partial charge >= 0.3 is 0 Å². The van der Waals surface area contributed by atoms with Gasteiger partial charge in [-0.25, -0.2) is 5.01 Å². The number of rotatable bonds is 2. The van der Waals surface area contributed by atoms with Crippen LogP contribution in [-0.4, -0.2) is 26.6 Å². The second kappa shape index (κ2) is 7.24. The van der Waals surface area contributed by atoms with E-state index in [-0.39, 0.29) is 28.1 Å². The van der Waals surface area contributed by atoms with Gasteiger partial charge in [0.05, 0.1) is 33.9 Å². The topological polar surface area (TPSA) is 67.2 Å². The van der Waals surface area contributed by atoms with Gasteiger partial charge in [-0.3, -0.25) is 19.7 Å². The molecule has 2 aromatic carbocycles. The molecule has 1 aliphatic rings. The molecule has 0 saturated heterocycles. The highest BCUT2D eigenvalue weighted by Gasteiger charge is 2.30. The summed E-state index contributed by atoms with van der Waals surface area (Å²) in [6.07, 6.45) is 3.51. The van der Waals surface area contributed by atoms with Gasteiger partial charge in [0.15, 0.2) is 0 Å². The monoisotopic (exact) mass is 478 g/mol. The van der Waals surface area contributed by atoms with E-state index in [1.807, 2.05) is 12.3 Å². The molecular weight excluding hydrogens is 467 g/mol. The van der Waals surface area contributed by atoms with Crippen molar-refractivity contribution in [3.63, 3.8) is 0 Å². The maximum atomic E-state index is 13.0. The Balaban J connectivity index is 1.68. The molecule has 28 heavy (non-hydrogen) atoms. The molecule has 1 aliphatic heterocycles. The van der Waals surface area contributed by atoms with E-state index in [1.54, 1.807) is 42.2 Å². The first kappa shape index (κ1) is 19.0. The van der Waals surface area contributed by atoms with Crippen LogP contribution in [0, 0.1) is 0 Å². The fourth-order valence-electron chi connectivity index (χ4n) is 3.12. The maximum Gasteiger partial charge on any atom is 0.275 e. The number of aromatic nitrogens is 2. The van der Waals surface area contributed by atoms with Crippen LogP contribution >= 0.6 is 39.1 Å². The van der Waals surface area contributed by atoms with Crippen LogP contribution in [0.2, 0.25) is 10.0 Å². The molecule has 0 aliphatic carbocycles. The van der Waals surface area contributed by atoms with E-state index in [9.17, 15) is 9.59 Å². The fourth-order valence-corrected chi connectivity index (χ4v) is 4.35. The van der Waals surface area contributed by atoms with E-state index in [4.69, 9.17) is 23.2 Å². The smallest absolute Gasteiger partial charge is 0.275 e. The minimum absolute atomic E-state index is 0.134. The maximum absolute atomic E-state index is 13.0. The van der Waals surface area contributed by atoms with Crippen molar-refractivity contribution in [3.8, 4) is 11.1 Å². The number of hydrogen-bond acceptors (Lipinski definition) is 3. The summed E-state index contributed by atoms with van der Waals surface area (Å²) in [5.74, 6) is -0.854. The van der Waals surface area contributed by atoms with Crippen LogP contribution in [0.25, 0.3) is 11.1 Å². The number of fused-ring (bicyclic) bond motifs is 1. The number of hydrogen-bond donors (Lipinski definition) is 1. The standard InChI is InChI=1S/C19H13BrCl2N4O2/c1-25-8-12(7-23-25)11-5-14(21)17(15(22)6-11)19(28)26-9-10-3-2-4-13(20)16(10)18(27)24-26/h2-8H,9H2,1H3,(H,24,27). The molecule has 2 amide bonds. The number of carbonyl (C=O) groups excluding carboxylic acids is 2. The van der Waals surface area contributed by atoms with Crippen molar-refractivity contribution < 1.29 is 9.59 Å². The van der Waals surface area contributed by atoms with Crippen molar-refractivity contribution in [2.45, 2.75) is 6.54 Å². The molecule has 0 spiro atoms. The third-order valence-electron chi connectivity index (χ3n) is 4.43. The second-order valence-electron chi connectivity index (χ2n) is 6.32. The van der Waals surface area contributed by atoms with Crippen LogP contribution in [0.4, 0.5) is 0 Å². The van der Waals surface area contributed by atoms with E-state index in [0.29, 0.717) is 10.0 Å². The van der Waals surface area contributed by atoms with E-state index < -0.39 is 5.91 Å². The van der Waals surface area contributed by atoms with Crippen molar-refractivity contribution in [3.05, 3.63) is 73.9 Å². The summed E-state index contributed by atoms with van der Waals surface area (Å²) in [6.45, 7) is 0.205. The van der Waals surface area contributed by atoms with Gasteiger partial charge in [0.1, 0.15) is 0 Å². The van der Waals surface area contributed by atoms with Crippen LogP contribution in [0.15, 0.2) is 47.2 Å². The largest absolute Gasteiger partial charge is 0.275 e. The predicted molar refractivity (Wildman–Crippen MR) is 110 cm³/mol. The first-order valence-corrected chi connectivity index (χ1v) is 9.78. The summed E-state index contributed by atoms with van der Waals surface area (Å²) in [5, 5.41) is 5.74. The molecule has 3 aromatic rings. The van der Waals surface area contributed by atoms with Crippen molar-refractivity contribution in [1.29, 1.82) is 0 Å². The number of nitrogens with one attached hydrogen (secondary N) is 1. The molecular formula is C19H13BrCl2N4O2. The number of nitrogens with zero attached hydrogens (tertiary/aromatic N) is 3. The lowest BCUT2D eigenvalue weighted by molar-refractivity contribution is 0.0539. The Bertz CT molecular complexity index is 1110. The summed E-state index contributed by atoms with van der Waals surface area (Å²) in [4.78, 5) is 25.5. The highest BCUT2D eigenvalue weighted by molar-refractivity contribution is 9.10. The van der Waals surface area contributed by atoms with E-state index >= 15 is 0 Å². The van der Waals surface area contributed by atoms with Crippen molar-refractivity contribution in [2.75, 3.05) is 0 Å². The highest BCUT2D eigenvalue weighted by Crippen LogP contribution is 2.33. The third-order valence-corrected chi connectivity index (χ3v) is 5.69. The Kier molecular flexibility index (Phi) is 4.91. The lowest BCUT2D eigenvalue weighted by Crippen LogP contribution is -2.49. The van der Waals surface area contributed by atoms with Gasteiger partial charge in [0, 0.05) is 23.3 Å². The summed E-state index contributed by atoms with van der Waals surface area (Å²) < 4.78 is 2.33. The zero-order valence-electron chi connectivity index (χ0n) is 14.5. The van der Waals surface area contributed by atoms with Gasteiger partial charge < -0.3 is 0 Å². The zero-order valence-corrected chi connectivity index (χ0v) is 17.6.